The molecule has 1 aromatic rings. The SMILES string of the molecule is O=C(O)/C=C/C1(c2ccc(Cl)cc2)C=CC=NC1. The number of carbonyl (C=O) groups is 1. The van der Waals surface area contributed by atoms with E-state index in [1.54, 1.807) is 24.4 Å². The van der Waals surface area contributed by atoms with Gasteiger partial charge in [-0.05, 0) is 23.8 Å². The van der Waals surface area contributed by atoms with Crippen LogP contribution in [0.15, 0.2) is 53.6 Å². The minimum atomic E-state index is -0.966. The fourth-order valence-electron chi connectivity index (χ4n) is 1.90. The first-order chi connectivity index (χ1) is 8.62. The molecular formula is C14H12ClNO2. The number of aliphatic carboxylic acids is 1. The number of carboxylic acids is 1. The number of hydrogen-bond donors (Lipinski definition) is 1. The first-order valence-electron chi connectivity index (χ1n) is 5.48. The molecule has 2 rings (SSSR count). The van der Waals surface area contributed by atoms with Crippen LogP contribution in [0.25, 0.3) is 0 Å². The van der Waals surface area contributed by atoms with Crippen molar-refractivity contribution >= 4 is 23.8 Å². The van der Waals surface area contributed by atoms with E-state index in [1.165, 1.54) is 0 Å². The van der Waals surface area contributed by atoms with Crippen LogP contribution < -0.4 is 0 Å². The maximum absolute atomic E-state index is 10.7. The number of halogens is 1. The van der Waals surface area contributed by atoms with E-state index in [-0.39, 0.29) is 0 Å². The zero-order valence-electron chi connectivity index (χ0n) is 9.58. The molecule has 3 nitrogen and oxygen atoms in total. The molecule has 1 aliphatic rings. The Hall–Kier alpha value is -1.87. The van der Waals surface area contributed by atoms with Gasteiger partial charge in [-0.2, -0.15) is 0 Å². The van der Waals surface area contributed by atoms with Crippen molar-refractivity contribution in [2.45, 2.75) is 5.41 Å². The lowest BCUT2D eigenvalue weighted by Crippen LogP contribution is -2.27. The Labute approximate surface area is 110 Å². The lowest BCUT2D eigenvalue weighted by atomic mass is 9.79. The molecule has 1 N–H and O–H groups in total. The van der Waals surface area contributed by atoms with Crippen LogP contribution in [0.2, 0.25) is 5.02 Å². The van der Waals surface area contributed by atoms with Gasteiger partial charge in [0.15, 0.2) is 0 Å². The predicted octanol–water partition coefficient (Wildman–Crippen LogP) is 2.86. The number of hydrogen-bond acceptors (Lipinski definition) is 2. The summed E-state index contributed by atoms with van der Waals surface area (Å²) in [6, 6.07) is 7.36. The van der Waals surface area contributed by atoms with Gasteiger partial charge in [0.25, 0.3) is 0 Å². The molecular weight excluding hydrogens is 250 g/mol. The van der Waals surface area contributed by atoms with Crippen molar-refractivity contribution in [3.05, 3.63) is 59.2 Å². The number of nitrogens with zero attached hydrogens (tertiary/aromatic N) is 1. The maximum atomic E-state index is 10.7. The van der Waals surface area contributed by atoms with E-state index in [0.717, 1.165) is 11.6 Å². The average molecular weight is 262 g/mol. The smallest absolute Gasteiger partial charge is 0.328 e. The molecule has 18 heavy (non-hydrogen) atoms. The average Bonchev–Trinajstić information content (AvgIpc) is 2.38. The van der Waals surface area contributed by atoms with E-state index in [9.17, 15) is 4.79 Å². The van der Waals surface area contributed by atoms with Crippen LogP contribution in [0.5, 0.6) is 0 Å². The van der Waals surface area contributed by atoms with E-state index in [1.807, 2.05) is 24.3 Å². The van der Waals surface area contributed by atoms with Gasteiger partial charge >= 0.3 is 5.97 Å². The van der Waals surface area contributed by atoms with Crippen LogP contribution in [0, 0.1) is 0 Å². The molecule has 1 aliphatic heterocycles. The van der Waals surface area contributed by atoms with E-state index in [4.69, 9.17) is 16.7 Å². The summed E-state index contributed by atoms with van der Waals surface area (Å²) in [4.78, 5) is 14.9. The van der Waals surface area contributed by atoms with Crippen LogP contribution in [0.1, 0.15) is 5.56 Å². The second-order valence-corrected chi connectivity index (χ2v) is 4.50. The summed E-state index contributed by atoms with van der Waals surface area (Å²) < 4.78 is 0. The Balaban J connectivity index is 2.42. The largest absolute Gasteiger partial charge is 0.478 e. The molecule has 4 heteroatoms. The van der Waals surface area contributed by atoms with Crippen LogP contribution >= 0.6 is 11.6 Å². The number of benzene rings is 1. The summed E-state index contributed by atoms with van der Waals surface area (Å²) in [6.45, 7) is 0.495. The van der Waals surface area contributed by atoms with Gasteiger partial charge in [-0.15, -0.1) is 0 Å². The van der Waals surface area contributed by atoms with Gasteiger partial charge in [0, 0.05) is 17.3 Å². The topological polar surface area (TPSA) is 49.7 Å². The molecule has 0 saturated heterocycles. The second-order valence-electron chi connectivity index (χ2n) is 4.07. The van der Waals surface area contributed by atoms with E-state index < -0.39 is 11.4 Å². The van der Waals surface area contributed by atoms with Crippen molar-refractivity contribution < 1.29 is 9.90 Å². The highest BCUT2D eigenvalue weighted by atomic mass is 35.5. The Kier molecular flexibility index (Phi) is 3.63. The summed E-state index contributed by atoms with van der Waals surface area (Å²) in [5.41, 5.74) is 0.468. The first kappa shape index (κ1) is 12.6. The van der Waals surface area contributed by atoms with Crippen molar-refractivity contribution in [2.75, 3.05) is 6.54 Å². The van der Waals surface area contributed by atoms with Gasteiger partial charge in [-0.1, -0.05) is 35.9 Å². The maximum Gasteiger partial charge on any atom is 0.328 e. The monoisotopic (exact) mass is 261 g/mol. The molecule has 0 radical (unpaired) electrons. The van der Waals surface area contributed by atoms with Crippen LogP contribution in [0.4, 0.5) is 0 Å². The van der Waals surface area contributed by atoms with Crippen LogP contribution in [-0.2, 0) is 10.2 Å². The molecule has 0 amide bonds. The summed E-state index contributed by atoms with van der Waals surface area (Å²) in [5.74, 6) is -0.966. The normalized spacial score (nSPS) is 22.5. The fraction of sp³-hybridized carbons (Fsp3) is 0.143. The van der Waals surface area contributed by atoms with Gasteiger partial charge in [0.1, 0.15) is 0 Å². The van der Waals surface area contributed by atoms with Gasteiger partial charge in [0.2, 0.25) is 0 Å². The predicted molar refractivity (Wildman–Crippen MR) is 72.4 cm³/mol. The Morgan fingerprint density at radius 2 is 2.11 bits per heavy atom. The molecule has 1 unspecified atom stereocenters. The minimum Gasteiger partial charge on any atom is -0.478 e. The van der Waals surface area contributed by atoms with Gasteiger partial charge in [0.05, 0.1) is 12.0 Å². The van der Waals surface area contributed by atoms with Crippen molar-refractivity contribution in [3.8, 4) is 0 Å². The molecule has 0 aliphatic carbocycles. The van der Waals surface area contributed by atoms with E-state index in [2.05, 4.69) is 4.99 Å². The van der Waals surface area contributed by atoms with E-state index in [0.29, 0.717) is 11.6 Å². The minimum absolute atomic E-state index is 0.495. The van der Waals surface area contributed by atoms with Crippen molar-refractivity contribution in [1.82, 2.24) is 0 Å². The molecule has 0 bridgehead atoms. The third-order valence-corrected chi connectivity index (χ3v) is 3.10. The van der Waals surface area contributed by atoms with Crippen molar-refractivity contribution in [2.24, 2.45) is 4.99 Å². The van der Waals surface area contributed by atoms with Crippen LogP contribution in [-0.4, -0.2) is 23.8 Å². The summed E-state index contributed by atoms with van der Waals surface area (Å²) in [7, 11) is 0. The quantitative estimate of drug-likeness (QED) is 0.851. The summed E-state index contributed by atoms with van der Waals surface area (Å²) >= 11 is 5.86. The number of aliphatic imine (C=N–C) groups is 1. The number of rotatable bonds is 3. The highest BCUT2D eigenvalue weighted by molar-refractivity contribution is 6.30. The summed E-state index contributed by atoms with van der Waals surface area (Å²) in [6.07, 6.45) is 8.29. The highest BCUT2D eigenvalue weighted by Gasteiger charge is 2.27. The zero-order chi connectivity index (χ0) is 13.0. The van der Waals surface area contributed by atoms with Gasteiger partial charge in [-0.25, -0.2) is 4.79 Å². The fourth-order valence-corrected chi connectivity index (χ4v) is 2.03. The molecule has 92 valence electrons. The molecule has 0 saturated carbocycles. The Morgan fingerprint density at radius 1 is 1.39 bits per heavy atom. The van der Waals surface area contributed by atoms with Crippen molar-refractivity contribution in [3.63, 3.8) is 0 Å². The molecule has 1 atom stereocenters. The third kappa shape index (κ3) is 2.68. The van der Waals surface area contributed by atoms with Crippen molar-refractivity contribution in [1.29, 1.82) is 0 Å². The molecule has 0 fully saturated rings. The first-order valence-corrected chi connectivity index (χ1v) is 5.86. The molecule has 1 aromatic carbocycles. The van der Waals surface area contributed by atoms with E-state index >= 15 is 0 Å². The Morgan fingerprint density at radius 3 is 2.67 bits per heavy atom. The lowest BCUT2D eigenvalue weighted by molar-refractivity contribution is -0.131. The Bertz CT molecular complexity index is 531. The molecule has 0 spiro atoms. The molecule has 1 heterocycles. The third-order valence-electron chi connectivity index (χ3n) is 2.84. The molecule has 0 aromatic heterocycles. The van der Waals surface area contributed by atoms with Gasteiger partial charge in [-0.3, -0.25) is 4.99 Å². The highest BCUT2D eigenvalue weighted by Crippen LogP contribution is 2.30. The van der Waals surface area contributed by atoms with Gasteiger partial charge < -0.3 is 5.11 Å². The second kappa shape index (κ2) is 5.19. The lowest BCUT2D eigenvalue weighted by Gasteiger charge is -2.27. The zero-order valence-corrected chi connectivity index (χ0v) is 10.3. The summed E-state index contributed by atoms with van der Waals surface area (Å²) in [5, 5.41) is 9.43. The van der Waals surface area contributed by atoms with Crippen LogP contribution in [0.3, 0.4) is 0 Å². The standard InChI is InChI=1S/C14H12ClNO2/c15-12-4-2-11(3-5-12)14(8-6-13(17)18)7-1-9-16-10-14/h1-9H,10H2,(H,17,18)/b8-6+. The number of allylic oxidation sites excluding steroid dienone is 1. The number of carboxylic acid groups (broad SMARTS) is 1. The number of dihydropyridines is 1.